The van der Waals surface area contributed by atoms with E-state index in [1.807, 2.05) is 24.3 Å². The Bertz CT molecular complexity index is 517. The maximum Gasteiger partial charge on any atom is 0.0991 e. The molecule has 2 heteroatoms. The zero-order valence-corrected chi connectivity index (χ0v) is 12.1. The number of ether oxygens (including phenoxy) is 1. The molecule has 0 amide bonds. The second-order valence-corrected chi connectivity index (χ2v) is 6.29. The molecule has 0 radical (unpaired) electrons. The number of nitrogens with zero attached hydrogens (tertiary/aromatic N) is 1. The van der Waals surface area contributed by atoms with Crippen molar-refractivity contribution in [1.82, 2.24) is 0 Å². The predicted octanol–water partition coefficient (Wildman–Crippen LogP) is 3.82. The Hall–Kier alpha value is -1.59. The molecular weight excluding hydrogens is 234 g/mol. The van der Waals surface area contributed by atoms with Gasteiger partial charge in [0.15, 0.2) is 0 Å². The van der Waals surface area contributed by atoms with E-state index >= 15 is 0 Å². The first-order chi connectivity index (χ1) is 8.85. The van der Waals surface area contributed by atoms with Crippen LogP contribution in [0.5, 0.6) is 0 Å². The third-order valence-electron chi connectivity index (χ3n) is 4.05. The molecule has 1 aromatic carbocycles. The van der Waals surface area contributed by atoms with Crippen LogP contribution in [0.4, 0.5) is 0 Å². The van der Waals surface area contributed by atoms with Crippen LogP contribution in [0, 0.1) is 17.2 Å². The molecule has 0 N–H and O–H groups in total. The predicted molar refractivity (Wildman–Crippen MR) is 76.8 cm³/mol. The van der Waals surface area contributed by atoms with Crippen LogP contribution in [0.2, 0.25) is 0 Å². The molecule has 1 heterocycles. The second kappa shape index (κ2) is 4.83. The first kappa shape index (κ1) is 13.8. The fraction of sp³-hybridized carbons (Fsp3) is 0.471. The van der Waals surface area contributed by atoms with Crippen molar-refractivity contribution in [1.29, 1.82) is 5.26 Å². The van der Waals surface area contributed by atoms with Gasteiger partial charge in [-0.3, -0.25) is 0 Å². The quantitative estimate of drug-likeness (QED) is 0.753. The van der Waals surface area contributed by atoms with Crippen molar-refractivity contribution in [2.24, 2.45) is 5.92 Å². The van der Waals surface area contributed by atoms with E-state index in [0.717, 1.165) is 6.61 Å². The van der Waals surface area contributed by atoms with E-state index in [9.17, 15) is 0 Å². The summed E-state index contributed by atoms with van der Waals surface area (Å²) in [6.45, 7) is 9.34. The second-order valence-electron chi connectivity index (χ2n) is 6.29. The minimum Gasteiger partial charge on any atom is -0.371 e. The van der Waals surface area contributed by atoms with Gasteiger partial charge in [0, 0.05) is 5.92 Å². The molecule has 1 aromatic rings. The summed E-state index contributed by atoms with van der Waals surface area (Å²) in [5.74, 6) is 0.355. The van der Waals surface area contributed by atoms with Crippen LogP contribution in [0.15, 0.2) is 36.4 Å². The lowest BCUT2D eigenvalue weighted by Crippen LogP contribution is -2.38. The van der Waals surface area contributed by atoms with Crippen LogP contribution in [0.25, 0.3) is 0 Å². The largest absolute Gasteiger partial charge is 0.371 e. The van der Waals surface area contributed by atoms with Gasteiger partial charge in [0.05, 0.1) is 23.8 Å². The van der Waals surface area contributed by atoms with Gasteiger partial charge >= 0.3 is 0 Å². The van der Waals surface area contributed by atoms with Crippen LogP contribution in [0.1, 0.15) is 38.8 Å². The highest BCUT2D eigenvalue weighted by molar-refractivity contribution is 5.35. The molecular formula is C17H21NO. The minimum absolute atomic E-state index is 0.000978. The Balaban J connectivity index is 2.25. The SMILES string of the molecule is CC1(C)C=C[C@H](C(C)(C)c2ccc(C#N)cc2)CO1. The normalized spacial score (nSPS) is 21.9. The van der Waals surface area contributed by atoms with Crippen molar-refractivity contribution >= 4 is 0 Å². The molecule has 0 fully saturated rings. The van der Waals surface area contributed by atoms with Crippen molar-refractivity contribution in [3.63, 3.8) is 0 Å². The van der Waals surface area contributed by atoms with Crippen LogP contribution >= 0.6 is 0 Å². The van der Waals surface area contributed by atoms with Crippen molar-refractivity contribution in [3.05, 3.63) is 47.5 Å². The first-order valence-electron chi connectivity index (χ1n) is 6.69. The summed E-state index contributed by atoms with van der Waals surface area (Å²) in [5.41, 5.74) is 1.79. The molecule has 1 aliphatic rings. The fourth-order valence-electron chi connectivity index (χ4n) is 2.39. The number of hydrogen-bond acceptors (Lipinski definition) is 2. The van der Waals surface area contributed by atoms with Crippen molar-refractivity contribution in [2.45, 2.75) is 38.7 Å². The average molecular weight is 255 g/mol. The number of nitriles is 1. The number of benzene rings is 1. The van der Waals surface area contributed by atoms with E-state index < -0.39 is 0 Å². The van der Waals surface area contributed by atoms with Gasteiger partial charge in [0.1, 0.15) is 0 Å². The Kier molecular flexibility index (Phi) is 3.52. The van der Waals surface area contributed by atoms with Crippen molar-refractivity contribution in [3.8, 4) is 6.07 Å². The van der Waals surface area contributed by atoms with E-state index in [-0.39, 0.29) is 11.0 Å². The smallest absolute Gasteiger partial charge is 0.0991 e. The lowest BCUT2D eigenvalue weighted by Gasteiger charge is -2.38. The van der Waals surface area contributed by atoms with Crippen molar-refractivity contribution in [2.75, 3.05) is 6.61 Å². The van der Waals surface area contributed by atoms with Crippen molar-refractivity contribution < 1.29 is 4.74 Å². The number of rotatable bonds is 2. The third kappa shape index (κ3) is 2.88. The summed E-state index contributed by atoms with van der Waals surface area (Å²) >= 11 is 0. The summed E-state index contributed by atoms with van der Waals surface area (Å²) < 4.78 is 5.89. The Labute approximate surface area is 115 Å². The lowest BCUT2D eigenvalue weighted by atomic mass is 9.72. The van der Waals surface area contributed by atoms with E-state index in [4.69, 9.17) is 10.00 Å². The molecule has 0 aromatic heterocycles. The molecule has 0 saturated heterocycles. The molecule has 1 aliphatic heterocycles. The molecule has 0 saturated carbocycles. The van der Waals surface area contributed by atoms with Crippen LogP contribution in [0.3, 0.4) is 0 Å². The van der Waals surface area contributed by atoms with Crippen LogP contribution in [-0.4, -0.2) is 12.2 Å². The lowest BCUT2D eigenvalue weighted by molar-refractivity contribution is -0.0172. The maximum atomic E-state index is 8.86. The Morgan fingerprint density at radius 1 is 1.26 bits per heavy atom. The molecule has 1 atom stereocenters. The topological polar surface area (TPSA) is 33.0 Å². The van der Waals surface area contributed by atoms with E-state index in [1.54, 1.807) is 0 Å². The molecule has 2 nitrogen and oxygen atoms in total. The zero-order valence-electron chi connectivity index (χ0n) is 12.1. The Morgan fingerprint density at radius 3 is 2.37 bits per heavy atom. The van der Waals surface area contributed by atoms with Crippen LogP contribution in [-0.2, 0) is 10.2 Å². The van der Waals surface area contributed by atoms with Gasteiger partial charge in [-0.2, -0.15) is 5.26 Å². The molecule has 0 bridgehead atoms. The third-order valence-corrected chi connectivity index (χ3v) is 4.05. The molecule has 0 aliphatic carbocycles. The van der Waals surface area contributed by atoms with Gasteiger partial charge in [0.25, 0.3) is 0 Å². The monoisotopic (exact) mass is 255 g/mol. The van der Waals surface area contributed by atoms with Gasteiger partial charge in [0.2, 0.25) is 0 Å². The summed E-state index contributed by atoms with van der Waals surface area (Å²) in [4.78, 5) is 0. The van der Waals surface area contributed by atoms with E-state index in [2.05, 4.69) is 45.9 Å². The van der Waals surface area contributed by atoms with Gasteiger partial charge in [-0.25, -0.2) is 0 Å². The van der Waals surface area contributed by atoms with E-state index in [1.165, 1.54) is 5.56 Å². The zero-order chi connectivity index (χ0) is 14.1. The summed E-state index contributed by atoms with van der Waals surface area (Å²) in [5, 5.41) is 8.86. The summed E-state index contributed by atoms with van der Waals surface area (Å²) in [6.07, 6.45) is 4.41. The number of hydrogen-bond donors (Lipinski definition) is 0. The fourth-order valence-corrected chi connectivity index (χ4v) is 2.39. The summed E-state index contributed by atoms with van der Waals surface area (Å²) in [6, 6.07) is 10.0. The van der Waals surface area contributed by atoms with Crippen LogP contribution < -0.4 is 0 Å². The standard InChI is InChI=1S/C17H21NO/c1-16(2)10-9-15(12-19-16)17(3,4)14-7-5-13(11-18)6-8-14/h5-10,15H,12H2,1-4H3/t15-/m0/s1. The highest BCUT2D eigenvalue weighted by atomic mass is 16.5. The highest BCUT2D eigenvalue weighted by Crippen LogP contribution is 2.36. The first-order valence-corrected chi connectivity index (χ1v) is 6.69. The van der Waals surface area contributed by atoms with Gasteiger partial charge in [-0.1, -0.05) is 38.1 Å². The molecule has 0 spiro atoms. The minimum atomic E-state index is -0.156. The maximum absolute atomic E-state index is 8.86. The van der Waals surface area contributed by atoms with Gasteiger partial charge < -0.3 is 4.74 Å². The highest BCUT2D eigenvalue weighted by Gasteiger charge is 2.34. The molecule has 19 heavy (non-hydrogen) atoms. The Morgan fingerprint density at radius 2 is 1.89 bits per heavy atom. The molecule has 2 rings (SSSR count). The van der Waals surface area contributed by atoms with Gasteiger partial charge in [-0.15, -0.1) is 0 Å². The molecule has 0 unspecified atom stereocenters. The van der Waals surface area contributed by atoms with Gasteiger partial charge in [-0.05, 0) is 37.0 Å². The summed E-state index contributed by atoms with van der Waals surface area (Å²) in [7, 11) is 0. The average Bonchev–Trinajstić information content (AvgIpc) is 2.38. The van der Waals surface area contributed by atoms with E-state index in [0.29, 0.717) is 11.5 Å². The molecule has 100 valence electrons.